The van der Waals surface area contributed by atoms with Crippen LogP contribution in [0.15, 0.2) is 133 Å². The van der Waals surface area contributed by atoms with E-state index in [9.17, 15) is 0 Å². The highest BCUT2D eigenvalue weighted by atomic mass is 15.1. The Hall–Kier alpha value is -4.04. The molecule has 0 amide bonds. The maximum Gasteiger partial charge on any atom is 0.113 e. The van der Waals surface area contributed by atoms with Crippen molar-refractivity contribution in [3.05, 3.63) is 133 Å². The Morgan fingerprint density at radius 1 is 0.375 bits per heavy atom. The Kier molecular flexibility index (Phi) is 5.59. The molecule has 0 atom stereocenters. The van der Waals surface area contributed by atoms with E-state index in [1.807, 2.05) is 24.3 Å². The van der Waals surface area contributed by atoms with Crippen LogP contribution in [0.1, 0.15) is 0 Å². The van der Waals surface area contributed by atoms with E-state index >= 15 is 0 Å². The fourth-order valence-electron chi connectivity index (χ4n) is 3.96. The van der Waals surface area contributed by atoms with Gasteiger partial charge in [0.2, 0.25) is 0 Å². The van der Waals surface area contributed by atoms with Gasteiger partial charge in [0.05, 0.1) is 0 Å². The average molecular weight is 407 g/mol. The molecule has 32 heavy (non-hydrogen) atoms. The van der Waals surface area contributed by atoms with Crippen molar-refractivity contribution >= 4 is 30.4 Å². The minimum absolute atomic E-state index is 0.756. The van der Waals surface area contributed by atoms with E-state index in [1.165, 1.54) is 22.3 Å². The van der Waals surface area contributed by atoms with Crippen LogP contribution in [0.5, 0.6) is 0 Å². The van der Waals surface area contributed by atoms with E-state index in [2.05, 4.69) is 114 Å². The van der Waals surface area contributed by atoms with Crippen molar-refractivity contribution in [3.8, 4) is 22.3 Å². The lowest BCUT2D eigenvalue weighted by Crippen LogP contribution is -2.11. The van der Waals surface area contributed by atoms with Crippen molar-refractivity contribution in [3.63, 3.8) is 0 Å². The molecule has 0 spiro atoms. The van der Waals surface area contributed by atoms with E-state index in [0.29, 0.717) is 0 Å². The van der Waals surface area contributed by atoms with Crippen LogP contribution in [0.25, 0.3) is 22.3 Å². The largest absolute Gasteiger partial charge is 0.310 e. The van der Waals surface area contributed by atoms with Crippen LogP contribution in [0.2, 0.25) is 0 Å². The molecule has 5 rings (SSSR count). The maximum absolute atomic E-state index is 5.97. The topological polar surface area (TPSA) is 3.24 Å². The molecule has 0 aliphatic rings. The molecule has 0 N–H and O–H groups in total. The Morgan fingerprint density at radius 3 is 1.44 bits per heavy atom. The number of nitrogens with zero attached hydrogens (tertiary/aromatic N) is 1. The van der Waals surface area contributed by atoms with Crippen LogP contribution < -0.4 is 10.4 Å². The molecule has 0 aliphatic heterocycles. The minimum Gasteiger partial charge on any atom is -0.310 e. The number of hydrogen-bond donors (Lipinski definition) is 0. The van der Waals surface area contributed by atoms with Gasteiger partial charge in [-0.1, -0.05) is 103 Å². The third kappa shape index (κ3) is 4.21. The predicted molar refractivity (Wildman–Crippen MR) is 137 cm³/mol. The number of anilines is 3. The van der Waals surface area contributed by atoms with Gasteiger partial charge in [-0.3, -0.25) is 0 Å². The maximum atomic E-state index is 5.97. The molecule has 5 aromatic carbocycles. The summed E-state index contributed by atoms with van der Waals surface area (Å²) in [6, 6.07) is 46.3. The molecule has 0 saturated carbocycles. The Labute approximate surface area is 191 Å². The van der Waals surface area contributed by atoms with Crippen molar-refractivity contribution < 1.29 is 0 Å². The summed E-state index contributed by atoms with van der Waals surface area (Å²) in [6.45, 7) is 0. The zero-order chi connectivity index (χ0) is 21.8. The van der Waals surface area contributed by atoms with Gasteiger partial charge in [-0.05, 0) is 58.7 Å². The molecule has 0 fully saturated rings. The SMILES string of the molecule is [B]c1ccc(N(c2ccc(-c3ccccc3)cc2)c2cccc(-c3ccccc3)c2)cc1. The second kappa shape index (κ2) is 8.99. The van der Waals surface area contributed by atoms with Crippen LogP contribution in [0.3, 0.4) is 0 Å². The Balaban J connectivity index is 1.59. The summed E-state index contributed by atoms with van der Waals surface area (Å²) in [5.41, 5.74) is 8.82. The summed E-state index contributed by atoms with van der Waals surface area (Å²) >= 11 is 0. The first-order valence-corrected chi connectivity index (χ1v) is 10.7. The number of benzene rings is 5. The van der Waals surface area contributed by atoms with Gasteiger partial charge in [0, 0.05) is 17.1 Å². The molecule has 2 radical (unpaired) electrons. The summed E-state index contributed by atoms with van der Waals surface area (Å²) in [4.78, 5) is 2.26. The lowest BCUT2D eigenvalue weighted by Gasteiger charge is -2.26. The third-order valence-corrected chi connectivity index (χ3v) is 5.60. The quantitative estimate of drug-likeness (QED) is 0.277. The second-order valence-corrected chi connectivity index (χ2v) is 7.76. The van der Waals surface area contributed by atoms with Crippen molar-refractivity contribution in [1.29, 1.82) is 0 Å². The smallest absolute Gasteiger partial charge is 0.113 e. The predicted octanol–water partition coefficient (Wildman–Crippen LogP) is 7.28. The fourth-order valence-corrected chi connectivity index (χ4v) is 3.96. The molecular weight excluding hydrogens is 385 g/mol. The van der Waals surface area contributed by atoms with Crippen LogP contribution in [0.4, 0.5) is 17.1 Å². The normalized spacial score (nSPS) is 10.6. The summed E-state index contributed by atoms with van der Waals surface area (Å²) in [5, 5.41) is 0. The number of rotatable bonds is 5. The Morgan fingerprint density at radius 2 is 0.844 bits per heavy atom. The molecule has 0 heterocycles. The van der Waals surface area contributed by atoms with Crippen LogP contribution in [0, 0.1) is 0 Å². The molecule has 0 aliphatic carbocycles. The van der Waals surface area contributed by atoms with Gasteiger partial charge in [0.25, 0.3) is 0 Å². The molecule has 0 unspecified atom stereocenters. The van der Waals surface area contributed by atoms with Gasteiger partial charge in [0.1, 0.15) is 7.85 Å². The van der Waals surface area contributed by atoms with Gasteiger partial charge in [-0.15, -0.1) is 0 Å². The Bertz CT molecular complexity index is 1290. The van der Waals surface area contributed by atoms with Crippen LogP contribution in [-0.4, -0.2) is 7.85 Å². The highest BCUT2D eigenvalue weighted by Gasteiger charge is 2.13. The lowest BCUT2D eigenvalue weighted by atomic mass is 9.96. The van der Waals surface area contributed by atoms with Gasteiger partial charge in [-0.2, -0.15) is 0 Å². The van der Waals surface area contributed by atoms with Gasteiger partial charge >= 0.3 is 0 Å². The molecule has 1 nitrogen and oxygen atoms in total. The van der Waals surface area contributed by atoms with Crippen molar-refractivity contribution in [2.24, 2.45) is 0 Å². The molecule has 0 bridgehead atoms. The standard InChI is InChI=1S/C30H22BN/c31-27-16-20-29(21-17-27)32(28-18-14-25(15-19-28)23-8-3-1-4-9-23)30-13-7-12-26(22-30)24-10-5-2-6-11-24/h1-22H. The summed E-state index contributed by atoms with van der Waals surface area (Å²) in [7, 11) is 5.97. The molecule has 0 saturated heterocycles. The van der Waals surface area contributed by atoms with Gasteiger partial charge in [-0.25, -0.2) is 0 Å². The van der Waals surface area contributed by atoms with Crippen LogP contribution >= 0.6 is 0 Å². The lowest BCUT2D eigenvalue weighted by molar-refractivity contribution is 1.29. The molecule has 5 aromatic rings. The van der Waals surface area contributed by atoms with E-state index in [4.69, 9.17) is 7.85 Å². The molecular formula is C30H22BN. The summed E-state index contributed by atoms with van der Waals surface area (Å²) < 4.78 is 0. The van der Waals surface area contributed by atoms with E-state index in [0.717, 1.165) is 22.5 Å². The highest BCUT2D eigenvalue weighted by Crippen LogP contribution is 2.37. The molecule has 2 heteroatoms. The second-order valence-electron chi connectivity index (χ2n) is 7.76. The summed E-state index contributed by atoms with van der Waals surface area (Å²) in [5.74, 6) is 0. The zero-order valence-corrected chi connectivity index (χ0v) is 17.7. The van der Waals surface area contributed by atoms with Crippen molar-refractivity contribution in [2.75, 3.05) is 4.90 Å². The molecule has 150 valence electrons. The van der Waals surface area contributed by atoms with Gasteiger partial charge in [0.15, 0.2) is 0 Å². The third-order valence-electron chi connectivity index (χ3n) is 5.60. The van der Waals surface area contributed by atoms with E-state index in [-0.39, 0.29) is 0 Å². The van der Waals surface area contributed by atoms with E-state index < -0.39 is 0 Å². The zero-order valence-electron chi connectivity index (χ0n) is 17.7. The first kappa shape index (κ1) is 19.9. The fraction of sp³-hybridized carbons (Fsp3) is 0. The monoisotopic (exact) mass is 407 g/mol. The first-order chi connectivity index (χ1) is 15.8. The van der Waals surface area contributed by atoms with Crippen LogP contribution in [-0.2, 0) is 0 Å². The first-order valence-electron chi connectivity index (χ1n) is 10.7. The van der Waals surface area contributed by atoms with Gasteiger partial charge < -0.3 is 4.90 Å². The number of hydrogen-bond acceptors (Lipinski definition) is 1. The van der Waals surface area contributed by atoms with E-state index in [1.54, 1.807) is 0 Å². The summed E-state index contributed by atoms with van der Waals surface area (Å²) in [6.07, 6.45) is 0. The average Bonchev–Trinajstić information content (AvgIpc) is 2.87. The van der Waals surface area contributed by atoms with Crippen molar-refractivity contribution in [2.45, 2.75) is 0 Å². The minimum atomic E-state index is 0.756. The highest BCUT2D eigenvalue weighted by molar-refractivity contribution is 6.32. The van der Waals surface area contributed by atoms with Crippen molar-refractivity contribution in [1.82, 2.24) is 0 Å². The molecule has 0 aromatic heterocycles.